The maximum Gasteiger partial charge on any atom is 0.224 e. The molecule has 0 radical (unpaired) electrons. The molecule has 1 saturated carbocycles. The first-order valence-corrected chi connectivity index (χ1v) is 6.82. The van der Waals surface area contributed by atoms with Gasteiger partial charge in [0.2, 0.25) is 5.91 Å². The van der Waals surface area contributed by atoms with E-state index in [-0.39, 0.29) is 23.9 Å². The summed E-state index contributed by atoms with van der Waals surface area (Å²) in [6.07, 6.45) is 5.28. The molecule has 0 bridgehead atoms. The van der Waals surface area contributed by atoms with Crippen LogP contribution < -0.4 is 11.1 Å². The summed E-state index contributed by atoms with van der Waals surface area (Å²) in [5.74, 6) is 0.642. The number of nitrogens with two attached hydrogens (primary N) is 1. The highest BCUT2D eigenvalue weighted by molar-refractivity contribution is 5.79. The quantitative estimate of drug-likeness (QED) is 0.775. The van der Waals surface area contributed by atoms with Gasteiger partial charge in [0.25, 0.3) is 0 Å². The average Bonchev–Trinajstić information content (AvgIpc) is 2.82. The van der Waals surface area contributed by atoms with Crippen LogP contribution in [0.3, 0.4) is 0 Å². The molecule has 1 saturated heterocycles. The van der Waals surface area contributed by atoms with Crippen molar-refractivity contribution >= 4 is 5.91 Å². The fourth-order valence-electron chi connectivity index (χ4n) is 2.88. The van der Waals surface area contributed by atoms with Crippen LogP contribution in [-0.2, 0) is 9.53 Å². The lowest BCUT2D eigenvalue weighted by Crippen LogP contribution is -2.48. The molecule has 4 unspecified atom stereocenters. The van der Waals surface area contributed by atoms with E-state index in [0.717, 1.165) is 45.3 Å². The van der Waals surface area contributed by atoms with Crippen molar-refractivity contribution in [1.82, 2.24) is 5.32 Å². The van der Waals surface area contributed by atoms with Crippen LogP contribution in [0.5, 0.6) is 0 Å². The predicted molar refractivity (Wildman–Crippen MR) is 66.5 cm³/mol. The van der Waals surface area contributed by atoms with Crippen LogP contribution in [0, 0.1) is 11.8 Å². The third kappa shape index (κ3) is 3.19. The fraction of sp³-hybridized carbons (Fsp3) is 0.923. The van der Waals surface area contributed by atoms with E-state index in [2.05, 4.69) is 12.2 Å². The highest BCUT2D eigenvalue weighted by atomic mass is 16.5. The van der Waals surface area contributed by atoms with E-state index < -0.39 is 0 Å². The lowest BCUT2D eigenvalue weighted by atomic mass is 9.84. The topological polar surface area (TPSA) is 64.4 Å². The normalized spacial score (nSPS) is 35.5. The Morgan fingerprint density at radius 3 is 2.76 bits per heavy atom. The Hall–Kier alpha value is -0.610. The zero-order valence-electron chi connectivity index (χ0n) is 10.7. The minimum atomic E-state index is 0.0218. The van der Waals surface area contributed by atoms with Gasteiger partial charge in [-0.05, 0) is 26.2 Å². The smallest absolute Gasteiger partial charge is 0.224 e. The zero-order valence-corrected chi connectivity index (χ0v) is 10.7. The molecule has 17 heavy (non-hydrogen) atoms. The third-order valence-electron chi connectivity index (χ3n) is 4.20. The number of hydrogen-bond acceptors (Lipinski definition) is 3. The SMILES string of the molecule is CC(NC(=O)C1CCCCC1N)C1CCOC1. The Labute approximate surface area is 103 Å². The van der Waals surface area contributed by atoms with Gasteiger partial charge >= 0.3 is 0 Å². The molecule has 0 spiro atoms. The first-order valence-electron chi connectivity index (χ1n) is 6.82. The van der Waals surface area contributed by atoms with Gasteiger partial charge in [0, 0.05) is 24.6 Å². The summed E-state index contributed by atoms with van der Waals surface area (Å²) < 4.78 is 5.35. The second-order valence-corrected chi connectivity index (χ2v) is 5.48. The molecular formula is C13H24N2O2. The highest BCUT2D eigenvalue weighted by Crippen LogP contribution is 2.24. The van der Waals surface area contributed by atoms with Crippen LogP contribution >= 0.6 is 0 Å². The minimum Gasteiger partial charge on any atom is -0.381 e. The van der Waals surface area contributed by atoms with Gasteiger partial charge in [-0.3, -0.25) is 4.79 Å². The molecule has 0 aromatic carbocycles. The number of carbonyl (C=O) groups is 1. The monoisotopic (exact) mass is 240 g/mol. The number of rotatable bonds is 3. The zero-order chi connectivity index (χ0) is 12.3. The largest absolute Gasteiger partial charge is 0.381 e. The van der Waals surface area contributed by atoms with E-state index in [4.69, 9.17) is 10.5 Å². The second kappa shape index (κ2) is 5.83. The molecule has 98 valence electrons. The van der Waals surface area contributed by atoms with Crippen LogP contribution in [0.1, 0.15) is 39.0 Å². The summed E-state index contributed by atoms with van der Waals surface area (Å²) >= 11 is 0. The molecule has 2 aliphatic rings. The summed E-state index contributed by atoms with van der Waals surface area (Å²) in [6, 6.07) is 0.259. The van der Waals surface area contributed by atoms with Crippen molar-refractivity contribution in [1.29, 1.82) is 0 Å². The highest BCUT2D eigenvalue weighted by Gasteiger charge is 2.31. The standard InChI is InChI=1S/C13H24N2O2/c1-9(10-6-7-17-8-10)15-13(16)11-4-2-3-5-12(11)14/h9-12H,2-8,14H2,1H3,(H,15,16). The molecule has 4 atom stereocenters. The summed E-state index contributed by atoms with van der Waals surface area (Å²) in [5.41, 5.74) is 6.02. The van der Waals surface area contributed by atoms with Gasteiger partial charge < -0.3 is 15.8 Å². The molecule has 3 N–H and O–H groups in total. The lowest BCUT2D eigenvalue weighted by Gasteiger charge is -2.29. The van der Waals surface area contributed by atoms with Gasteiger partial charge in [0.1, 0.15) is 0 Å². The first kappa shape index (κ1) is 12.8. The van der Waals surface area contributed by atoms with E-state index in [1.165, 1.54) is 0 Å². The predicted octanol–water partition coefficient (Wildman–Crippen LogP) is 1.05. The Kier molecular flexibility index (Phi) is 4.40. The Balaban J connectivity index is 1.82. The van der Waals surface area contributed by atoms with Crippen LogP contribution in [0.4, 0.5) is 0 Å². The average molecular weight is 240 g/mol. The van der Waals surface area contributed by atoms with Gasteiger partial charge in [-0.1, -0.05) is 12.8 Å². The molecule has 2 rings (SSSR count). The van der Waals surface area contributed by atoms with Crippen molar-refractivity contribution in [2.75, 3.05) is 13.2 Å². The molecule has 4 nitrogen and oxygen atoms in total. The molecule has 0 aromatic rings. The molecule has 1 heterocycles. The van der Waals surface area contributed by atoms with Crippen LogP contribution in [0.25, 0.3) is 0 Å². The molecule has 4 heteroatoms. The van der Waals surface area contributed by atoms with Gasteiger partial charge in [-0.15, -0.1) is 0 Å². The Morgan fingerprint density at radius 1 is 1.35 bits per heavy atom. The Bertz CT molecular complexity index is 264. The summed E-state index contributed by atoms with van der Waals surface area (Å²) in [4.78, 5) is 12.1. The second-order valence-electron chi connectivity index (χ2n) is 5.48. The lowest BCUT2D eigenvalue weighted by molar-refractivity contribution is -0.127. The van der Waals surface area contributed by atoms with E-state index in [1.807, 2.05) is 0 Å². The summed E-state index contributed by atoms with van der Waals surface area (Å²) in [6.45, 7) is 3.68. The van der Waals surface area contributed by atoms with Gasteiger partial charge in [-0.25, -0.2) is 0 Å². The van der Waals surface area contributed by atoms with Crippen molar-refractivity contribution in [2.24, 2.45) is 17.6 Å². The number of hydrogen-bond donors (Lipinski definition) is 2. The number of carbonyl (C=O) groups excluding carboxylic acids is 1. The number of amides is 1. The summed E-state index contributed by atoms with van der Waals surface area (Å²) in [7, 11) is 0. The molecular weight excluding hydrogens is 216 g/mol. The van der Waals surface area contributed by atoms with E-state index in [9.17, 15) is 4.79 Å². The van der Waals surface area contributed by atoms with Gasteiger partial charge in [0.15, 0.2) is 0 Å². The Morgan fingerprint density at radius 2 is 2.12 bits per heavy atom. The molecule has 2 fully saturated rings. The maximum atomic E-state index is 12.1. The van der Waals surface area contributed by atoms with Crippen molar-refractivity contribution < 1.29 is 9.53 Å². The molecule has 1 aliphatic heterocycles. The molecule has 0 aromatic heterocycles. The van der Waals surface area contributed by atoms with Gasteiger partial charge in [-0.2, -0.15) is 0 Å². The minimum absolute atomic E-state index is 0.0218. The molecule has 1 amide bonds. The van der Waals surface area contributed by atoms with Crippen LogP contribution in [0.2, 0.25) is 0 Å². The van der Waals surface area contributed by atoms with E-state index >= 15 is 0 Å². The third-order valence-corrected chi connectivity index (χ3v) is 4.20. The van der Waals surface area contributed by atoms with Crippen molar-refractivity contribution in [3.63, 3.8) is 0 Å². The van der Waals surface area contributed by atoms with E-state index in [1.54, 1.807) is 0 Å². The number of ether oxygens (including phenoxy) is 1. The number of nitrogens with one attached hydrogen (secondary N) is 1. The van der Waals surface area contributed by atoms with Gasteiger partial charge in [0.05, 0.1) is 12.5 Å². The van der Waals surface area contributed by atoms with Crippen molar-refractivity contribution in [3.8, 4) is 0 Å². The van der Waals surface area contributed by atoms with Crippen molar-refractivity contribution in [2.45, 2.75) is 51.1 Å². The summed E-state index contributed by atoms with van der Waals surface area (Å²) in [5, 5.41) is 3.12. The molecule has 1 aliphatic carbocycles. The fourth-order valence-corrected chi connectivity index (χ4v) is 2.88. The maximum absolute atomic E-state index is 12.1. The van der Waals surface area contributed by atoms with E-state index in [0.29, 0.717) is 5.92 Å². The van der Waals surface area contributed by atoms with Crippen LogP contribution in [-0.4, -0.2) is 31.2 Å². The van der Waals surface area contributed by atoms with Crippen molar-refractivity contribution in [3.05, 3.63) is 0 Å². The van der Waals surface area contributed by atoms with Crippen LogP contribution in [0.15, 0.2) is 0 Å². The first-order chi connectivity index (χ1) is 8.18.